The van der Waals surface area contributed by atoms with Gasteiger partial charge in [-0.05, 0) is 29.7 Å². The van der Waals surface area contributed by atoms with Gasteiger partial charge < -0.3 is 0 Å². The number of carbonyl (C=O) groups excluding carboxylic acids is 1. The molecule has 9 heteroatoms. The zero-order chi connectivity index (χ0) is 19.9. The third-order valence-electron chi connectivity index (χ3n) is 3.63. The predicted molar refractivity (Wildman–Crippen MR) is 109 cm³/mol. The fraction of sp³-hybridized carbons (Fsp3) is 0.222. The summed E-state index contributed by atoms with van der Waals surface area (Å²) in [5, 5.41) is 4.61. The van der Waals surface area contributed by atoms with Crippen molar-refractivity contribution in [3.8, 4) is 0 Å². The average Bonchev–Trinajstić information content (AvgIpc) is 2.61. The van der Waals surface area contributed by atoms with Crippen LogP contribution in [0.15, 0.2) is 53.6 Å². The molecule has 0 aliphatic rings. The number of hydrogen-bond donors (Lipinski definition) is 1. The zero-order valence-electron chi connectivity index (χ0n) is 14.6. The van der Waals surface area contributed by atoms with E-state index in [1.807, 2.05) is 30.3 Å². The maximum absolute atomic E-state index is 12.0. The fourth-order valence-electron chi connectivity index (χ4n) is 2.23. The van der Waals surface area contributed by atoms with Gasteiger partial charge in [-0.25, -0.2) is 13.8 Å². The van der Waals surface area contributed by atoms with Crippen LogP contribution in [0.5, 0.6) is 0 Å². The van der Waals surface area contributed by atoms with E-state index in [2.05, 4.69) is 10.5 Å². The van der Waals surface area contributed by atoms with E-state index in [0.29, 0.717) is 22.0 Å². The summed E-state index contributed by atoms with van der Waals surface area (Å²) in [4.78, 5) is 12.0. The van der Waals surface area contributed by atoms with E-state index in [1.165, 1.54) is 6.21 Å². The lowest BCUT2D eigenvalue weighted by molar-refractivity contribution is -0.121. The molecule has 0 spiro atoms. The summed E-state index contributed by atoms with van der Waals surface area (Å²) < 4.78 is 25.0. The van der Waals surface area contributed by atoms with Gasteiger partial charge in [0.25, 0.3) is 5.91 Å². The molecule has 0 saturated carbocycles. The van der Waals surface area contributed by atoms with E-state index < -0.39 is 15.9 Å². The van der Waals surface area contributed by atoms with Crippen molar-refractivity contribution in [1.29, 1.82) is 0 Å². The lowest BCUT2D eigenvalue weighted by atomic mass is 10.1. The SMILES string of the molecule is CS(=O)(=O)N(CCc1ccccc1)CC(=O)N/N=C/c1ccc(Cl)c(Cl)c1. The molecular weight excluding hydrogens is 409 g/mol. The molecule has 0 unspecified atom stereocenters. The quantitative estimate of drug-likeness (QED) is 0.519. The third kappa shape index (κ3) is 7.30. The number of halogens is 2. The van der Waals surface area contributed by atoms with E-state index in [1.54, 1.807) is 18.2 Å². The van der Waals surface area contributed by atoms with Gasteiger partial charge in [0.2, 0.25) is 10.0 Å². The van der Waals surface area contributed by atoms with E-state index in [9.17, 15) is 13.2 Å². The van der Waals surface area contributed by atoms with Crippen molar-refractivity contribution in [3.63, 3.8) is 0 Å². The molecule has 6 nitrogen and oxygen atoms in total. The maximum atomic E-state index is 12.0. The van der Waals surface area contributed by atoms with Gasteiger partial charge in [-0.1, -0.05) is 59.6 Å². The summed E-state index contributed by atoms with van der Waals surface area (Å²) in [5.74, 6) is -0.537. The number of carbonyl (C=O) groups is 1. The number of hydrogen-bond acceptors (Lipinski definition) is 4. The summed E-state index contributed by atoms with van der Waals surface area (Å²) in [5.41, 5.74) is 3.95. The third-order valence-corrected chi connectivity index (χ3v) is 5.62. The van der Waals surface area contributed by atoms with E-state index in [0.717, 1.165) is 16.1 Å². The molecule has 1 N–H and O–H groups in total. The highest BCUT2D eigenvalue weighted by Gasteiger charge is 2.19. The molecule has 0 fully saturated rings. The number of nitrogens with zero attached hydrogens (tertiary/aromatic N) is 2. The Balaban J connectivity index is 1.93. The Hall–Kier alpha value is -1.93. The number of sulfonamides is 1. The molecule has 27 heavy (non-hydrogen) atoms. The molecule has 2 rings (SSSR count). The first-order chi connectivity index (χ1) is 12.8. The van der Waals surface area contributed by atoms with Gasteiger partial charge in [-0.15, -0.1) is 0 Å². The monoisotopic (exact) mass is 427 g/mol. The molecule has 2 aromatic carbocycles. The largest absolute Gasteiger partial charge is 0.272 e. The highest BCUT2D eigenvalue weighted by atomic mass is 35.5. The van der Waals surface area contributed by atoms with Crippen LogP contribution in [0, 0.1) is 0 Å². The van der Waals surface area contributed by atoms with E-state index in [4.69, 9.17) is 23.2 Å². The Morgan fingerprint density at radius 1 is 1.15 bits per heavy atom. The van der Waals surface area contributed by atoms with Gasteiger partial charge in [-0.2, -0.15) is 9.41 Å². The highest BCUT2D eigenvalue weighted by Crippen LogP contribution is 2.21. The molecule has 0 aliphatic heterocycles. The Labute approximate surface area is 168 Å². The first-order valence-electron chi connectivity index (χ1n) is 8.02. The second-order valence-corrected chi connectivity index (χ2v) is 8.60. The first kappa shape index (κ1) is 21.4. The number of amides is 1. The van der Waals surface area contributed by atoms with Crippen LogP contribution >= 0.6 is 23.2 Å². The normalized spacial score (nSPS) is 11.9. The van der Waals surface area contributed by atoms with Gasteiger partial charge in [0.05, 0.1) is 29.1 Å². The molecule has 144 valence electrons. The predicted octanol–water partition coefficient (Wildman–Crippen LogP) is 2.95. The van der Waals surface area contributed by atoms with Crippen LogP contribution in [0.25, 0.3) is 0 Å². The minimum absolute atomic E-state index is 0.201. The van der Waals surface area contributed by atoms with Gasteiger partial charge in [0.15, 0.2) is 0 Å². The fourth-order valence-corrected chi connectivity index (χ4v) is 3.31. The van der Waals surface area contributed by atoms with Crippen molar-refractivity contribution in [1.82, 2.24) is 9.73 Å². The molecule has 0 aliphatic carbocycles. The molecule has 0 heterocycles. The Morgan fingerprint density at radius 3 is 2.48 bits per heavy atom. The van der Waals surface area contributed by atoms with Gasteiger partial charge >= 0.3 is 0 Å². The summed E-state index contributed by atoms with van der Waals surface area (Å²) in [6.07, 6.45) is 2.98. The number of nitrogens with one attached hydrogen (secondary N) is 1. The van der Waals surface area contributed by atoms with Crippen LogP contribution in [0.3, 0.4) is 0 Å². The number of benzene rings is 2. The van der Waals surface area contributed by atoms with Crippen molar-refractivity contribution >= 4 is 45.3 Å². The standard InChI is InChI=1S/C18H19Cl2N3O3S/c1-27(25,26)23(10-9-14-5-3-2-4-6-14)13-18(24)22-21-12-15-7-8-16(19)17(20)11-15/h2-8,11-12H,9-10,13H2,1H3,(H,22,24)/b21-12+. The Kier molecular flexibility index (Phi) is 7.79. The lowest BCUT2D eigenvalue weighted by Crippen LogP contribution is -2.40. The van der Waals surface area contributed by atoms with Crippen molar-refractivity contribution in [2.75, 3.05) is 19.3 Å². The maximum Gasteiger partial charge on any atom is 0.255 e. The molecule has 0 atom stereocenters. The average molecular weight is 428 g/mol. The van der Waals surface area contributed by atoms with Crippen molar-refractivity contribution in [3.05, 3.63) is 69.7 Å². The summed E-state index contributed by atoms with van der Waals surface area (Å²) in [6, 6.07) is 14.4. The summed E-state index contributed by atoms with van der Waals surface area (Å²) in [6.45, 7) is -0.114. The molecule has 0 saturated heterocycles. The molecule has 1 amide bonds. The van der Waals surface area contributed by atoms with Crippen LogP contribution in [0.2, 0.25) is 10.0 Å². The first-order valence-corrected chi connectivity index (χ1v) is 10.6. The molecule has 2 aromatic rings. The van der Waals surface area contributed by atoms with Crippen LogP contribution in [0.4, 0.5) is 0 Å². The lowest BCUT2D eigenvalue weighted by Gasteiger charge is -2.18. The molecule has 0 radical (unpaired) electrons. The molecule has 0 bridgehead atoms. The minimum atomic E-state index is -3.53. The smallest absolute Gasteiger partial charge is 0.255 e. The summed E-state index contributed by atoms with van der Waals surface area (Å²) >= 11 is 11.7. The highest BCUT2D eigenvalue weighted by molar-refractivity contribution is 7.88. The zero-order valence-corrected chi connectivity index (χ0v) is 16.9. The van der Waals surface area contributed by atoms with Gasteiger partial charge in [-0.3, -0.25) is 4.79 Å². The van der Waals surface area contributed by atoms with E-state index >= 15 is 0 Å². The van der Waals surface area contributed by atoms with Crippen LogP contribution in [-0.4, -0.2) is 44.2 Å². The minimum Gasteiger partial charge on any atom is -0.272 e. The van der Waals surface area contributed by atoms with Gasteiger partial charge in [0.1, 0.15) is 0 Å². The second kappa shape index (κ2) is 9.85. The van der Waals surface area contributed by atoms with Crippen LogP contribution < -0.4 is 5.43 Å². The molecule has 0 aromatic heterocycles. The van der Waals surface area contributed by atoms with Crippen LogP contribution in [-0.2, 0) is 21.2 Å². The second-order valence-electron chi connectivity index (χ2n) is 5.80. The van der Waals surface area contributed by atoms with Crippen molar-refractivity contribution < 1.29 is 13.2 Å². The Morgan fingerprint density at radius 2 is 1.85 bits per heavy atom. The summed E-state index contributed by atoms with van der Waals surface area (Å²) in [7, 11) is -3.53. The van der Waals surface area contributed by atoms with Crippen molar-refractivity contribution in [2.24, 2.45) is 5.10 Å². The van der Waals surface area contributed by atoms with Crippen molar-refractivity contribution in [2.45, 2.75) is 6.42 Å². The molecular formula is C18H19Cl2N3O3S. The van der Waals surface area contributed by atoms with E-state index in [-0.39, 0.29) is 13.1 Å². The Bertz CT molecular complexity index is 919. The number of hydrazone groups is 1. The topological polar surface area (TPSA) is 78.8 Å². The number of rotatable bonds is 8. The van der Waals surface area contributed by atoms with Crippen LogP contribution in [0.1, 0.15) is 11.1 Å². The van der Waals surface area contributed by atoms with Gasteiger partial charge in [0, 0.05) is 6.54 Å².